The smallest absolute Gasteiger partial charge is 0.318 e. The number of rotatable bonds is 4. The van der Waals surface area contributed by atoms with Crippen LogP contribution >= 0.6 is 0 Å². The summed E-state index contributed by atoms with van der Waals surface area (Å²) in [6, 6.07) is 6.49. The Balaban J connectivity index is 2.15. The number of aryl methyl sites for hydroxylation is 1. The van der Waals surface area contributed by atoms with Crippen LogP contribution in [0.5, 0.6) is 0 Å². The lowest BCUT2D eigenvalue weighted by Crippen LogP contribution is -2.27. The first-order chi connectivity index (χ1) is 12.4. The zero-order chi connectivity index (χ0) is 18.8. The normalized spacial score (nSPS) is 11.0. The number of hydrogen-bond donors (Lipinski definition) is 4. The molecule has 0 radical (unpaired) electrons. The number of benzene rings is 1. The van der Waals surface area contributed by atoms with E-state index in [1.165, 1.54) is 11.7 Å². The summed E-state index contributed by atoms with van der Waals surface area (Å²) in [5, 5.41) is 20.9. The maximum Gasteiger partial charge on any atom is 0.318 e. The summed E-state index contributed by atoms with van der Waals surface area (Å²) in [5.41, 5.74) is 1.21. The quantitative estimate of drug-likeness (QED) is 0.574. The van der Waals surface area contributed by atoms with Crippen molar-refractivity contribution in [3.05, 3.63) is 40.3 Å². The minimum atomic E-state index is -0.354. The standard InChI is InChI=1S/C17H21N7O2/c1-9(2)24-16(25)13-8-11(19-17(26)18-4)5-6-12(13)15(23-24)20-14-7-10(3)21-22-14/h5-9H,1-4H3,(H2,18,19,26)(H2,20,21,22,23). The van der Waals surface area contributed by atoms with Crippen molar-refractivity contribution in [1.29, 1.82) is 0 Å². The van der Waals surface area contributed by atoms with Crippen LogP contribution in [0.4, 0.5) is 22.1 Å². The van der Waals surface area contributed by atoms with E-state index in [0.29, 0.717) is 28.1 Å². The maximum atomic E-state index is 12.8. The largest absolute Gasteiger partial charge is 0.341 e. The molecule has 0 aliphatic heterocycles. The molecule has 0 fully saturated rings. The van der Waals surface area contributed by atoms with Crippen LogP contribution in [-0.2, 0) is 0 Å². The van der Waals surface area contributed by atoms with Crippen molar-refractivity contribution in [2.24, 2.45) is 0 Å². The number of nitrogens with one attached hydrogen (secondary N) is 4. The van der Waals surface area contributed by atoms with Gasteiger partial charge in [0, 0.05) is 29.9 Å². The number of H-pyrrole nitrogens is 1. The molecule has 9 heteroatoms. The summed E-state index contributed by atoms with van der Waals surface area (Å²) in [6.45, 7) is 5.67. The predicted octanol–water partition coefficient (Wildman–Crippen LogP) is 2.50. The number of anilines is 3. The van der Waals surface area contributed by atoms with E-state index in [9.17, 15) is 9.59 Å². The van der Waals surface area contributed by atoms with Gasteiger partial charge in [-0.05, 0) is 39.0 Å². The second-order valence-corrected chi connectivity index (χ2v) is 6.22. The first kappa shape index (κ1) is 17.5. The Bertz CT molecular complexity index is 1020. The van der Waals surface area contributed by atoms with Crippen molar-refractivity contribution in [3.63, 3.8) is 0 Å². The fourth-order valence-corrected chi connectivity index (χ4v) is 2.58. The molecule has 0 aliphatic carbocycles. The molecule has 9 nitrogen and oxygen atoms in total. The number of aromatic nitrogens is 4. The molecule has 3 rings (SSSR count). The number of urea groups is 1. The molecule has 0 saturated carbocycles. The van der Waals surface area contributed by atoms with Crippen molar-refractivity contribution < 1.29 is 4.79 Å². The van der Waals surface area contributed by atoms with E-state index < -0.39 is 0 Å². The number of amides is 2. The van der Waals surface area contributed by atoms with Crippen LogP contribution < -0.4 is 21.5 Å². The Kier molecular flexibility index (Phi) is 4.61. The van der Waals surface area contributed by atoms with Gasteiger partial charge in [-0.3, -0.25) is 9.89 Å². The summed E-state index contributed by atoms with van der Waals surface area (Å²) in [5.74, 6) is 1.13. The molecule has 0 aliphatic rings. The minimum Gasteiger partial charge on any atom is -0.341 e. The Morgan fingerprint density at radius 1 is 1.23 bits per heavy atom. The fraction of sp³-hybridized carbons (Fsp3) is 0.294. The number of nitrogens with zero attached hydrogens (tertiary/aromatic N) is 3. The van der Waals surface area contributed by atoms with Crippen molar-refractivity contribution in [2.45, 2.75) is 26.8 Å². The molecule has 0 bridgehead atoms. The fourth-order valence-electron chi connectivity index (χ4n) is 2.58. The molecule has 26 heavy (non-hydrogen) atoms. The van der Waals surface area contributed by atoms with Crippen molar-refractivity contribution in [3.8, 4) is 0 Å². The number of aromatic amines is 1. The van der Waals surface area contributed by atoms with Crippen LogP contribution in [0.1, 0.15) is 25.6 Å². The second-order valence-electron chi connectivity index (χ2n) is 6.22. The summed E-state index contributed by atoms with van der Waals surface area (Å²) >= 11 is 0. The van der Waals surface area contributed by atoms with E-state index in [2.05, 4.69) is 31.2 Å². The van der Waals surface area contributed by atoms with Crippen LogP contribution in [0.25, 0.3) is 10.8 Å². The number of fused-ring (bicyclic) bond motifs is 1. The molecule has 2 amide bonds. The molecule has 2 heterocycles. The van der Waals surface area contributed by atoms with Crippen molar-refractivity contribution in [2.75, 3.05) is 17.7 Å². The van der Waals surface area contributed by atoms with E-state index in [1.54, 1.807) is 18.2 Å². The third-order valence-electron chi connectivity index (χ3n) is 3.85. The van der Waals surface area contributed by atoms with Gasteiger partial charge in [0.15, 0.2) is 11.6 Å². The van der Waals surface area contributed by atoms with Crippen LogP contribution in [0, 0.1) is 6.92 Å². The molecule has 136 valence electrons. The van der Waals surface area contributed by atoms with E-state index >= 15 is 0 Å². The van der Waals surface area contributed by atoms with Gasteiger partial charge in [-0.1, -0.05) is 0 Å². The minimum absolute atomic E-state index is 0.121. The molecule has 4 N–H and O–H groups in total. The third kappa shape index (κ3) is 3.37. The molecule has 0 unspecified atom stereocenters. The molecule has 0 spiro atoms. The van der Waals surface area contributed by atoms with E-state index in [4.69, 9.17) is 0 Å². The average molecular weight is 355 g/mol. The Labute approximate surface area is 149 Å². The van der Waals surface area contributed by atoms with Gasteiger partial charge < -0.3 is 16.0 Å². The van der Waals surface area contributed by atoms with E-state index in [0.717, 1.165) is 5.69 Å². The molecule has 1 aromatic carbocycles. The number of carbonyl (C=O) groups is 1. The lowest BCUT2D eigenvalue weighted by atomic mass is 10.1. The summed E-state index contributed by atoms with van der Waals surface area (Å²) in [6.07, 6.45) is 0. The molecule has 0 atom stereocenters. The predicted molar refractivity (Wildman–Crippen MR) is 101 cm³/mol. The topological polar surface area (TPSA) is 117 Å². The Hall–Kier alpha value is -3.36. The first-order valence-electron chi connectivity index (χ1n) is 8.23. The van der Waals surface area contributed by atoms with Crippen molar-refractivity contribution in [1.82, 2.24) is 25.3 Å². The molecule has 3 aromatic rings. The zero-order valence-electron chi connectivity index (χ0n) is 15.0. The number of hydrogen-bond acceptors (Lipinski definition) is 5. The summed E-state index contributed by atoms with van der Waals surface area (Å²) in [7, 11) is 1.53. The second kappa shape index (κ2) is 6.87. The Morgan fingerprint density at radius 3 is 2.62 bits per heavy atom. The highest BCUT2D eigenvalue weighted by atomic mass is 16.2. The van der Waals surface area contributed by atoms with Gasteiger partial charge >= 0.3 is 6.03 Å². The lowest BCUT2D eigenvalue weighted by Gasteiger charge is -2.14. The Morgan fingerprint density at radius 2 is 2.00 bits per heavy atom. The molecule has 0 saturated heterocycles. The molecular weight excluding hydrogens is 334 g/mol. The van der Waals surface area contributed by atoms with Gasteiger partial charge in [0.05, 0.1) is 11.4 Å². The summed E-state index contributed by atoms with van der Waals surface area (Å²) in [4.78, 5) is 24.4. The van der Waals surface area contributed by atoms with Crippen LogP contribution in [-0.4, -0.2) is 33.1 Å². The van der Waals surface area contributed by atoms with Crippen LogP contribution in [0.15, 0.2) is 29.1 Å². The van der Waals surface area contributed by atoms with E-state index in [-0.39, 0.29) is 17.6 Å². The van der Waals surface area contributed by atoms with Crippen molar-refractivity contribution >= 4 is 34.1 Å². The average Bonchev–Trinajstić information content (AvgIpc) is 3.02. The monoisotopic (exact) mass is 355 g/mol. The first-order valence-corrected chi connectivity index (χ1v) is 8.23. The van der Waals surface area contributed by atoms with Gasteiger partial charge in [-0.25, -0.2) is 9.48 Å². The van der Waals surface area contributed by atoms with Crippen LogP contribution in [0.2, 0.25) is 0 Å². The SMILES string of the molecule is CNC(=O)Nc1ccc2c(Nc3cc(C)[nH]n3)nn(C(C)C)c(=O)c2c1. The zero-order valence-corrected chi connectivity index (χ0v) is 15.0. The highest BCUT2D eigenvalue weighted by Crippen LogP contribution is 2.25. The highest BCUT2D eigenvalue weighted by Gasteiger charge is 2.14. The van der Waals surface area contributed by atoms with Gasteiger partial charge in [-0.2, -0.15) is 10.2 Å². The van der Waals surface area contributed by atoms with Crippen LogP contribution in [0.3, 0.4) is 0 Å². The molecular formula is C17H21N7O2. The van der Waals surface area contributed by atoms with Gasteiger partial charge in [0.25, 0.3) is 5.56 Å². The van der Waals surface area contributed by atoms with Gasteiger partial charge in [-0.15, -0.1) is 0 Å². The highest BCUT2D eigenvalue weighted by molar-refractivity contribution is 5.97. The molecule has 2 aromatic heterocycles. The maximum absolute atomic E-state index is 12.8. The summed E-state index contributed by atoms with van der Waals surface area (Å²) < 4.78 is 1.41. The van der Waals surface area contributed by atoms with Gasteiger partial charge in [0.1, 0.15) is 0 Å². The number of carbonyl (C=O) groups excluding carboxylic acids is 1. The van der Waals surface area contributed by atoms with Gasteiger partial charge in [0.2, 0.25) is 0 Å². The lowest BCUT2D eigenvalue weighted by molar-refractivity contribution is 0.254. The van der Waals surface area contributed by atoms with E-state index in [1.807, 2.05) is 26.8 Å². The third-order valence-corrected chi connectivity index (χ3v) is 3.85.